The van der Waals surface area contributed by atoms with Crippen LogP contribution in [0.1, 0.15) is 34.5 Å². The van der Waals surface area contributed by atoms with Crippen molar-refractivity contribution in [3.8, 4) is 5.75 Å². The summed E-state index contributed by atoms with van der Waals surface area (Å²) in [4.78, 5) is 24.0. The van der Waals surface area contributed by atoms with Crippen LogP contribution in [0, 0.1) is 6.92 Å². The van der Waals surface area contributed by atoms with Gasteiger partial charge < -0.3 is 15.4 Å². The molecule has 0 spiro atoms. The summed E-state index contributed by atoms with van der Waals surface area (Å²) in [5, 5.41) is 5.48. The fraction of sp³-hybridized carbons (Fsp3) is 0.263. The number of carbonyl (C=O) groups excluding carboxylic acids is 2. The van der Waals surface area contributed by atoms with Crippen LogP contribution < -0.4 is 15.4 Å². The Balaban J connectivity index is 1.92. The largest absolute Gasteiger partial charge is 0.496 e. The number of methoxy groups -OCH3 is 1. The lowest BCUT2D eigenvalue weighted by Gasteiger charge is -2.18. The van der Waals surface area contributed by atoms with Crippen LogP contribution in [-0.4, -0.2) is 25.5 Å². The minimum absolute atomic E-state index is 0.0772. The lowest BCUT2D eigenvalue weighted by molar-refractivity contribution is -0.120. The smallest absolute Gasteiger partial charge is 0.251 e. The third-order valence-electron chi connectivity index (χ3n) is 3.67. The molecular formula is C19H22N2O3. The molecule has 24 heavy (non-hydrogen) atoms. The first kappa shape index (κ1) is 17.5. The number of rotatable bonds is 6. The molecule has 2 rings (SSSR count). The molecule has 0 saturated carbocycles. The van der Waals surface area contributed by atoms with Gasteiger partial charge in [-0.25, -0.2) is 0 Å². The van der Waals surface area contributed by atoms with E-state index in [0.29, 0.717) is 5.56 Å². The second kappa shape index (κ2) is 8.15. The number of ether oxygens (including phenoxy) is 1. The average Bonchev–Trinajstić information content (AvgIpc) is 2.60. The van der Waals surface area contributed by atoms with E-state index in [2.05, 4.69) is 10.6 Å². The summed E-state index contributed by atoms with van der Waals surface area (Å²) in [6, 6.07) is 14.4. The van der Waals surface area contributed by atoms with Crippen molar-refractivity contribution in [2.24, 2.45) is 0 Å². The molecule has 1 unspecified atom stereocenters. The van der Waals surface area contributed by atoms with Crippen molar-refractivity contribution in [1.82, 2.24) is 10.6 Å². The molecule has 2 amide bonds. The molecule has 0 bridgehead atoms. The van der Waals surface area contributed by atoms with E-state index in [1.54, 1.807) is 31.4 Å². The highest BCUT2D eigenvalue weighted by atomic mass is 16.5. The Hall–Kier alpha value is -2.82. The van der Waals surface area contributed by atoms with Crippen LogP contribution >= 0.6 is 0 Å². The molecule has 5 heteroatoms. The van der Waals surface area contributed by atoms with E-state index in [0.717, 1.165) is 16.9 Å². The molecule has 0 aromatic heterocycles. The number of amides is 2. The Morgan fingerprint density at radius 3 is 2.50 bits per heavy atom. The van der Waals surface area contributed by atoms with Crippen LogP contribution in [0.5, 0.6) is 5.75 Å². The Labute approximate surface area is 142 Å². The second-order valence-electron chi connectivity index (χ2n) is 5.58. The fourth-order valence-electron chi connectivity index (χ4n) is 2.41. The normalized spacial score (nSPS) is 11.5. The Bertz CT molecular complexity index is 714. The van der Waals surface area contributed by atoms with Gasteiger partial charge in [0, 0.05) is 11.1 Å². The van der Waals surface area contributed by atoms with Crippen LogP contribution in [0.25, 0.3) is 0 Å². The number of aryl methyl sites for hydroxylation is 1. The van der Waals surface area contributed by atoms with Crippen LogP contribution in [0.15, 0.2) is 48.5 Å². The second-order valence-corrected chi connectivity index (χ2v) is 5.58. The summed E-state index contributed by atoms with van der Waals surface area (Å²) >= 11 is 0. The van der Waals surface area contributed by atoms with Crippen LogP contribution in [0.4, 0.5) is 0 Å². The van der Waals surface area contributed by atoms with Crippen molar-refractivity contribution in [3.63, 3.8) is 0 Å². The zero-order valence-corrected chi connectivity index (χ0v) is 14.1. The molecule has 2 N–H and O–H groups in total. The third-order valence-corrected chi connectivity index (χ3v) is 3.67. The SMILES string of the molecule is COc1ccc(C)cc1C(C)NC(=O)CNC(=O)c1ccccc1. The molecule has 0 aliphatic rings. The van der Waals surface area contributed by atoms with Gasteiger partial charge in [-0.3, -0.25) is 9.59 Å². The average molecular weight is 326 g/mol. The molecular weight excluding hydrogens is 304 g/mol. The highest BCUT2D eigenvalue weighted by Crippen LogP contribution is 2.25. The highest BCUT2D eigenvalue weighted by Gasteiger charge is 2.15. The molecule has 0 fully saturated rings. The van der Waals surface area contributed by atoms with Gasteiger partial charge in [-0.15, -0.1) is 0 Å². The highest BCUT2D eigenvalue weighted by molar-refractivity contribution is 5.96. The molecule has 0 aliphatic heterocycles. The third kappa shape index (κ3) is 4.59. The lowest BCUT2D eigenvalue weighted by atomic mass is 10.0. The number of nitrogens with one attached hydrogen (secondary N) is 2. The fourth-order valence-corrected chi connectivity index (χ4v) is 2.41. The first-order valence-electron chi connectivity index (χ1n) is 7.78. The molecule has 0 saturated heterocycles. The van der Waals surface area contributed by atoms with Crippen molar-refractivity contribution in [2.45, 2.75) is 19.9 Å². The van der Waals surface area contributed by atoms with Crippen LogP contribution in [0.2, 0.25) is 0 Å². The summed E-state index contributed by atoms with van der Waals surface area (Å²) in [5.41, 5.74) is 2.52. The Morgan fingerprint density at radius 1 is 1.12 bits per heavy atom. The predicted molar refractivity (Wildman–Crippen MR) is 93.1 cm³/mol. The maximum atomic E-state index is 12.1. The molecule has 126 valence electrons. The van der Waals surface area contributed by atoms with E-state index in [-0.39, 0.29) is 24.4 Å². The standard InChI is InChI=1S/C19H22N2O3/c1-13-9-10-17(24-3)16(11-13)14(2)21-18(22)12-20-19(23)15-7-5-4-6-8-15/h4-11,14H,12H2,1-3H3,(H,20,23)(H,21,22). The molecule has 1 atom stereocenters. The number of benzene rings is 2. The number of hydrogen-bond donors (Lipinski definition) is 2. The van der Waals surface area contributed by atoms with E-state index in [1.165, 1.54) is 0 Å². The monoisotopic (exact) mass is 326 g/mol. The summed E-state index contributed by atoms with van der Waals surface area (Å²) in [6.45, 7) is 3.79. The van der Waals surface area contributed by atoms with Crippen LogP contribution in [-0.2, 0) is 4.79 Å². The van der Waals surface area contributed by atoms with Crippen molar-refractivity contribution < 1.29 is 14.3 Å². The zero-order chi connectivity index (χ0) is 17.5. The first-order chi connectivity index (χ1) is 11.5. The molecule has 0 radical (unpaired) electrons. The van der Waals surface area contributed by atoms with E-state index < -0.39 is 0 Å². The molecule has 0 aliphatic carbocycles. The summed E-state index contributed by atoms with van der Waals surface area (Å²) < 4.78 is 5.34. The minimum atomic E-state index is -0.272. The van der Waals surface area contributed by atoms with Gasteiger partial charge in [0.2, 0.25) is 5.91 Å². The van der Waals surface area contributed by atoms with Gasteiger partial charge in [0.05, 0.1) is 19.7 Å². The maximum Gasteiger partial charge on any atom is 0.251 e. The van der Waals surface area contributed by atoms with Gasteiger partial charge >= 0.3 is 0 Å². The van der Waals surface area contributed by atoms with Gasteiger partial charge in [-0.05, 0) is 32.0 Å². The summed E-state index contributed by atoms with van der Waals surface area (Å²) in [6.07, 6.45) is 0. The van der Waals surface area contributed by atoms with E-state index in [4.69, 9.17) is 4.74 Å². The quantitative estimate of drug-likeness (QED) is 0.857. The lowest BCUT2D eigenvalue weighted by Crippen LogP contribution is -2.38. The van der Waals surface area contributed by atoms with E-state index in [1.807, 2.05) is 38.1 Å². The molecule has 0 heterocycles. The zero-order valence-electron chi connectivity index (χ0n) is 14.1. The minimum Gasteiger partial charge on any atom is -0.496 e. The summed E-state index contributed by atoms with van der Waals surface area (Å²) in [5.74, 6) is 0.198. The summed E-state index contributed by atoms with van der Waals surface area (Å²) in [7, 11) is 1.60. The van der Waals surface area contributed by atoms with Gasteiger partial charge in [-0.2, -0.15) is 0 Å². The van der Waals surface area contributed by atoms with Crippen molar-refractivity contribution >= 4 is 11.8 Å². The van der Waals surface area contributed by atoms with Gasteiger partial charge in [0.15, 0.2) is 0 Å². The number of carbonyl (C=O) groups is 2. The van der Waals surface area contributed by atoms with Crippen LogP contribution in [0.3, 0.4) is 0 Å². The van der Waals surface area contributed by atoms with E-state index >= 15 is 0 Å². The Kier molecular flexibility index (Phi) is 5.95. The van der Waals surface area contributed by atoms with Gasteiger partial charge in [0.1, 0.15) is 5.75 Å². The van der Waals surface area contributed by atoms with Crippen molar-refractivity contribution in [3.05, 3.63) is 65.2 Å². The Morgan fingerprint density at radius 2 is 1.83 bits per heavy atom. The molecule has 2 aromatic rings. The van der Waals surface area contributed by atoms with E-state index in [9.17, 15) is 9.59 Å². The van der Waals surface area contributed by atoms with Gasteiger partial charge in [-0.1, -0.05) is 35.9 Å². The first-order valence-corrected chi connectivity index (χ1v) is 7.78. The van der Waals surface area contributed by atoms with Gasteiger partial charge in [0.25, 0.3) is 5.91 Å². The topological polar surface area (TPSA) is 67.4 Å². The van der Waals surface area contributed by atoms with Crippen molar-refractivity contribution in [1.29, 1.82) is 0 Å². The molecule has 2 aromatic carbocycles. The molecule has 5 nitrogen and oxygen atoms in total. The number of hydrogen-bond acceptors (Lipinski definition) is 3. The predicted octanol–water partition coefficient (Wildman–Crippen LogP) is 2.61. The maximum absolute atomic E-state index is 12.1. The van der Waals surface area contributed by atoms with Crippen molar-refractivity contribution in [2.75, 3.05) is 13.7 Å².